The Morgan fingerprint density at radius 3 is 2.83 bits per heavy atom. The Bertz CT molecular complexity index is 631. The number of rotatable bonds is 6. The van der Waals surface area contributed by atoms with Gasteiger partial charge in [-0.05, 0) is 31.2 Å². The molecular weight excluding hydrogens is 308 g/mol. The summed E-state index contributed by atoms with van der Waals surface area (Å²) in [6.45, 7) is 0.595. The summed E-state index contributed by atoms with van der Waals surface area (Å²) in [5.74, 6) is -0.0972. The van der Waals surface area contributed by atoms with E-state index in [9.17, 15) is 4.79 Å². The first-order valence-corrected chi connectivity index (χ1v) is 8.92. The third-order valence-corrected chi connectivity index (χ3v) is 5.32. The molecule has 3 rings (SSSR count). The number of thiazole rings is 1. The van der Waals surface area contributed by atoms with Crippen molar-refractivity contribution in [1.29, 1.82) is 0 Å². The number of benzene rings is 1. The molecule has 0 fully saturated rings. The number of hydrogen-bond donors (Lipinski definition) is 1. The molecule has 4 nitrogen and oxygen atoms in total. The van der Waals surface area contributed by atoms with Crippen molar-refractivity contribution in [1.82, 2.24) is 10.3 Å². The molecule has 0 saturated heterocycles. The zero-order valence-electron chi connectivity index (χ0n) is 13.4. The zero-order chi connectivity index (χ0) is 16.1. The lowest BCUT2D eigenvalue weighted by molar-refractivity contribution is -0.131. The van der Waals surface area contributed by atoms with E-state index in [-0.39, 0.29) is 5.91 Å². The number of carbonyl (C=O) groups excluding carboxylic acids is 1. The molecular formula is C18H22N2O2S. The number of ether oxygens (including phenoxy) is 1. The van der Waals surface area contributed by atoms with E-state index in [1.807, 2.05) is 30.3 Å². The van der Waals surface area contributed by atoms with Crippen LogP contribution in [0.15, 0.2) is 30.3 Å². The minimum Gasteiger partial charge on any atom is -0.367 e. The number of nitrogens with zero attached hydrogens (tertiary/aromatic N) is 1. The Kier molecular flexibility index (Phi) is 5.41. The fraction of sp³-hybridized carbons (Fsp3) is 0.444. The van der Waals surface area contributed by atoms with Crippen molar-refractivity contribution in [2.24, 2.45) is 0 Å². The summed E-state index contributed by atoms with van der Waals surface area (Å²) in [6, 6.07) is 9.56. The molecule has 1 aromatic heterocycles. The van der Waals surface area contributed by atoms with E-state index in [0.29, 0.717) is 6.54 Å². The van der Waals surface area contributed by atoms with Gasteiger partial charge in [-0.2, -0.15) is 0 Å². The van der Waals surface area contributed by atoms with Crippen molar-refractivity contribution in [3.63, 3.8) is 0 Å². The molecule has 0 bridgehead atoms. The van der Waals surface area contributed by atoms with Gasteiger partial charge >= 0.3 is 0 Å². The maximum Gasteiger partial charge on any atom is 0.253 e. The third kappa shape index (κ3) is 3.98. The average molecular weight is 330 g/mol. The highest BCUT2D eigenvalue weighted by Gasteiger charge is 2.20. The Labute approximate surface area is 140 Å². The van der Waals surface area contributed by atoms with E-state index < -0.39 is 6.10 Å². The van der Waals surface area contributed by atoms with Crippen molar-refractivity contribution in [2.75, 3.05) is 13.7 Å². The predicted molar refractivity (Wildman–Crippen MR) is 91.7 cm³/mol. The highest BCUT2D eigenvalue weighted by molar-refractivity contribution is 7.11. The molecule has 0 aliphatic heterocycles. The second-order valence-corrected chi connectivity index (χ2v) is 6.92. The number of carbonyl (C=O) groups is 1. The van der Waals surface area contributed by atoms with Gasteiger partial charge < -0.3 is 10.1 Å². The van der Waals surface area contributed by atoms with Crippen molar-refractivity contribution in [3.05, 3.63) is 51.5 Å². The average Bonchev–Trinajstić information content (AvgIpc) is 2.99. The molecule has 1 amide bonds. The molecule has 122 valence electrons. The van der Waals surface area contributed by atoms with Crippen molar-refractivity contribution < 1.29 is 9.53 Å². The van der Waals surface area contributed by atoms with Gasteiger partial charge in [0.1, 0.15) is 0 Å². The topological polar surface area (TPSA) is 51.2 Å². The number of amides is 1. The minimum atomic E-state index is -0.555. The summed E-state index contributed by atoms with van der Waals surface area (Å²) < 4.78 is 5.34. The molecule has 1 aromatic carbocycles. The van der Waals surface area contributed by atoms with Crippen LogP contribution < -0.4 is 5.32 Å². The number of aryl methyl sites for hydroxylation is 2. The summed E-state index contributed by atoms with van der Waals surface area (Å²) >= 11 is 1.80. The van der Waals surface area contributed by atoms with Crippen LogP contribution in [0.2, 0.25) is 0 Å². The lowest BCUT2D eigenvalue weighted by Crippen LogP contribution is -2.31. The minimum absolute atomic E-state index is 0.0972. The Morgan fingerprint density at radius 2 is 2.09 bits per heavy atom. The Morgan fingerprint density at radius 1 is 1.30 bits per heavy atom. The quantitative estimate of drug-likeness (QED) is 0.885. The lowest BCUT2D eigenvalue weighted by Gasteiger charge is -2.15. The third-order valence-electron chi connectivity index (χ3n) is 4.10. The van der Waals surface area contributed by atoms with Crippen LogP contribution in [0.5, 0.6) is 0 Å². The molecule has 5 heteroatoms. The zero-order valence-corrected chi connectivity index (χ0v) is 14.2. The van der Waals surface area contributed by atoms with Gasteiger partial charge in [0.15, 0.2) is 6.10 Å². The van der Waals surface area contributed by atoms with Crippen molar-refractivity contribution >= 4 is 17.2 Å². The van der Waals surface area contributed by atoms with Crippen LogP contribution in [0.25, 0.3) is 0 Å². The SMILES string of the molecule is CO[C@@H](C(=O)NCCc1nc2c(s1)CCCC2)c1ccccc1. The molecule has 0 saturated carbocycles. The smallest absolute Gasteiger partial charge is 0.253 e. The molecule has 1 aliphatic rings. The maximum absolute atomic E-state index is 12.3. The number of hydrogen-bond acceptors (Lipinski definition) is 4. The first-order chi connectivity index (χ1) is 11.3. The summed E-state index contributed by atoms with van der Waals surface area (Å²) in [7, 11) is 1.56. The van der Waals surface area contributed by atoms with Crippen LogP contribution in [0, 0.1) is 0 Å². The predicted octanol–water partition coefficient (Wildman–Crippen LogP) is 3.07. The molecule has 23 heavy (non-hydrogen) atoms. The second kappa shape index (κ2) is 7.70. The van der Waals surface area contributed by atoms with Gasteiger partial charge in [0.2, 0.25) is 0 Å². The highest BCUT2D eigenvalue weighted by Crippen LogP contribution is 2.26. The monoisotopic (exact) mass is 330 g/mol. The maximum atomic E-state index is 12.3. The van der Waals surface area contributed by atoms with Crippen LogP contribution in [-0.4, -0.2) is 24.5 Å². The van der Waals surface area contributed by atoms with E-state index in [2.05, 4.69) is 5.32 Å². The van der Waals surface area contributed by atoms with Gasteiger partial charge in [0.25, 0.3) is 5.91 Å². The first-order valence-electron chi connectivity index (χ1n) is 8.11. The van der Waals surface area contributed by atoms with Gasteiger partial charge in [-0.3, -0.25) is 4.79 Å². The van der Waals surface area contributed by atoms with Gasteiger partial charge in [0.05, 0.1) is 10.7 Å². The molecule has 0 unspecified atom stereocenters. The van der Waals surface area contributed by atoms with Crippen LogP contribution in [0.4, 0.5) is 0 Å². The van der Waals surface area contributed by atoms with Crippen LogP contribution in [-0.2, 0) is 28.8 Å². The Hall–Kier alpha value is -1.72. The molecule has 1 N–H and O–H groups in total. The van der Waals surface area contributed by atoms with Crippen LogP contribution >= 0.6 is 11.3 Å². The number of methoxy groups -OCH3 is 1. The van der Waals surface area contributed by atoms with Gasteiger partial charge in [0, 0.05) is 25.0 Å². The normalized spacial score (nSPS) is 15.0. The van der Waals surface area contributed by atoms with Crippen molar-refractivity contribution in [2.45, 2.75) is 38.2 Å². The largest absolute Gasteiger partial charge is 0.367 e. The number of nitrogens with one attached hydrogen (secondary N) is 1. The summed E-state index contributed by atoms with van der Waals surface area (Å²) in [6.07, 6.45) is 5.03. The molecule has 2 aromatic rings. The molecule has 0 spiro atoms. The fourth-order valence-corrected chi connectivity index (χ4v) is 4.08. The van der Waals surface area contributed by atoms with Crippen LogP contribution in [0.3, 0.4) is 0 Å². The summed E-state index contributed by atoms with van der Waals surface area (Å²) in [4.78, 5) is 18.5. The summed E-state index contributed by atoms with van der Waals surface area (Å²) in [5.41, 5.74) is 2.15. The van der Waals surface area contributed by atoms with Gasteiger partial charge in [-0.25, -0.2) is 4.98 Å². The second-order valence-electron chi connectivity index (χ2n) is 5.75. The van der Waals surface area contributed by atoms with E-state index >= 15 is 0 Å². The van der Waals surface area contributed by atoms with E-state index in [4.69, 9.17) is 9.72 Å². The molecule has 1 heterocycles. The lowest BCUT2D eigenvalue weighted by atomic mass is 10.0. The number of aromatic nitrogens is 1. The highest BCUT2D eigenvalue weighted by atomic mass is 32.1. The van der Waals surface area contributed by atoms with Crippen molar-refractivity contribution in [3.8, 4) is 0 Å². The van der Waals surface area contributed by atoms with Crippen LogP contribution in [0.1, 0.15) is 40.1 Å². The molecule has 1 aliphatic carbocycles. The van der Waals surface area contributed by atoms with E-state index in [1.54, 1.807) is 18.4 Å². The first kappa shape index (κ1) is 16.1. The van der Waals surface area contributed by atoms with E-state index in [1.165, 1.54) is 29.8 Å². The molecule has 1 atom stereocenters. The Balaban J connectivity index is 1.53. The fourth-order valence-electron chi connectivity index (χ4n) is 2.92. The molecule has 0 radical (unpaired) electrons. The van der Waals surface area contributed by atoms with Gasteiger partial charge in [-0.15, -0.1) is 11.3 Å². The summed E-state index contributed by atoms with van der Waals surface area (Å²) in [5, 5.41) is 4.09. The standard InChI is InChI=1S/C18H22N2O2S/c1-22-17(13-7-3-2-4-8-13)18(21)19-12-11-16-20-14-9-5-6-10-15(14)23-16/h2-4,7-8,17H,5-6,9-12H2,1H3,(H,19,21)/t17-/m1/s1. The van der Waals surface area contributed by atoms with Gasteiger partial charge in [-0.1, -0.05) is 30.3 Å². The van der Waals surface area contributed by atoms with E-state index in [0.717, 1.165) is 23.4 Å². The number of fused-ring (bicyclic) bond motifs is 1.